The second kappa shape index (κ2) is 18.0. The standard InChI is InChI=1S/C23H25Cl2N3O.C15H17Cl2N3O2/c1-16(2)22-14-23(26-28(22)19-7-8-20(24)21(25)13-19)29-12-11-27-10-9-17-5-3-4-6-18(17)15-27;16-13-2-1-12(11-14(13)17)20-4-3-15(18-20)22-10-7-19-5-8-21-9-6-19/h3-8,13-14,16H,9-12,15H2,1-2H3;1-4,11H,5-10H2. The second-order valence-electron chi connectivity index (χ2n) is 12.7. The molecule has 0 amide bonds. The van der Waals surface area contributed by atoms with E-state index in [1.165, 1.54) is 11.1 Å². The van der Waals surface area contributed by atoms with Gasteiger partial charge >= 0.3 is 0 Å². The van der Waals surface area contributed by atoms with E-state index in [4.69, 9.17) is 60.6 Å². The molecule has 0 atom stereocenters. The van der Waals surface area contributed by atoms with Gasteiger partial charge in [0.05, 0.1) is 50.4 Å². The van der Waals surface area contributed by atoms with Crippen LogP contribution in [-0.2, 0) is 17.7 Å². The molecule has 0 aliphatic carbocycles. The molecule has 2 aromatic heterocycles. The SMILES string of the molecule is CC(C)c1cc(OCCN2CCc3ccccc3C2)nn1-c1ccc(Cl)c(Cl)c1.Clc1ccc(-n2ccc(OCCN3CCOCC3)n2)cc1Cl. The summed E-state index contributed by atoms with van der Waals surface area (Å²) in [6, 6.07) is 23.4. The van der Waals surface area contributed by atoms with Crippen molar-refractivity contribution in [2.24, 2.45) is 0 Å². The van der Waals surface area contributed by atoms with Crippen molar-refractivity contribution < 1.29 is 14.2 Å². The molecule has 3 aromatic carbocycles. The van der Waals surface area contributed by atoms with Gasteiger partial charge in [0.15, 0.2) is 0 Å². The molecule has 13 heteroatoms. The number of nitrogens with zero attached hydrogens (tertiary/aromatic N) is 6. The van der Waals surface area contributed by atoms with Crippen LogP contribution in [0.5, 0.6) is 11.8 Å². The van der Waals surface area contributed by atoms with Crippen LogP contribution in [0.15, 0.2) is 79.0 Å². The number of hydrogen-bond donors (Lipinski definition) is 0. The number of fused-ring (bicyclic) bond motifs is 1. The van der Waals surface area contributed by atoms with Gasteiger partial charge < -0.3 is 14.2 Å². The van der Waals surface area contributed by atoms with Crippen molar-refractivity contribution in [2.75, 3.05) is 59.2 Å². The van der Waals surface area contributed by atoms with Crippen molar-refractivity contribution in [2.45, 2.75) is 32.7 Å². The fourth-order valence-corrected chi connectivity index (χ4v) is 6.55. The molecule has 1 saturated heterocycles. The molecule has 1 fully saturated rings. The second-order valence-corrected chi connectivity index (χ2v) is 14.3. The summed E-state index contributed by atoms with van der Waals surface area (Å²) in [5.74, 6) is 1.53. The van der Waals surface area contributed by atoms with E-state index < -0.39 is 0 Å². The van der Waals surface area contributed by atoms with Gasteiger partial charge in [0.25, 0.3) is 0 Å². The third-order valence-corrected chi connectivity index (χ3v) is 10.3. The monoisotopic (exact) mass is 770 g/mol. The van der Waals surface area contributed by atoms with Crippen LogP contribution in [0.3, 0.4) is 0 Å². The van der Waals surface area contributed by atoms with E-state index >= 15 is 0 Å². The smallest absolute Gasteiger partial charge is 0.233 e. The summed E-state index contributed by atoms with van der Waals surface area (Å²) < 4.78 is 20.6. The lowest BCUT2D eigenvalue weighted by atomic mass is 10.0. The molecule has 0 unspecified atom stereocenters. The van der Waals surface area contributed by atoms with E-state index in [1.54, 1.807) is 22.9 Å². The number of halogens is 4. The van der Waals surface area contributed by atoms with Crippen molar-refractivity contribution >= 4 is 46.4 Å². The zero-order valence-electron chi connectivity index (χ0n) is 28.8. The van der Waals surface area contributed by atoms with Gasteiger partial charge in [-0.15, -0.1) is 10.2 Å². The Morgan fingerprint density at radius 1 is 0.686 bits per heavy atom. The maximum Gasteiger partial charge on any atom is 0.233 e. The third kappa shape index (κ3) is 10.2. The average Bonchev–Trinajstić information content (AvgIpc) is 3.79. The zero-order valence-corrected chi connectivity index (χ0v) is 31.8. The highest BCUT2D eigenvalue weighted by Crippen LogP contribution is 2.29. The van der Waals surface area contributed by atoms with Crippen molar-refractivity contribution in [1.29, 1.82) is 0 Å². The number of hydrogen-bond acceptors (Lipinski definition) is 7. The summed E-state index contributed by atoms with van der Waals surface area (Å²) in [7, 11) is 0. The molecule has 51 heavy (non-hydrogen) atoms. The van der Waals surface area contributed by atoms with Gasteiger partial charge in [-0.2, -0.15) is 0 Å². The van der Waals surface area contributed by atoms with Gasteiger partial charge in [0.1, 0.15) is 13.2 Å². The molecule has 4 heterocycles. The van der Waals surface area contributed by atoms with E-state index in [2.05, 4.69) is 58.1 Å². The molecule has 7 rings (SSSR count). The van der Waals surface area contributed by atoms with Gasteiger partial charge in [-0.1, -0.05) is 84.5 Å². The van der Waals surface area contributed by atoms with Crippen molar-refractivity contribution in [3.05, 3.63) is 116 Å². The molecule has 5 aromatic rings. The first kappa shape index (κ1) is 37.5. The molecular formula is C38H42Cl4N6O3. The Morgan fingerprint density at radius 2 is 1.33 bits per heavy atom. The summed E-state index contributed by atoms with van der Waals surface area (Å²) in [5.41, 5.74) is 5.68. The quantitative estimate of drug-likeness (QED) is 0.133. The predicted molar refractivity (Wildman–Crippen MR) is 205 cm³/mol. The van der Waals surface area contributed by atoms with Crippen LogP contribution in [0.2, 0.25) is 20.1 Å². The van der Waals surface area contributed by atoms with E-state index in [0.717, 1.165) is 76.0 Å². The first-order valence-corrected chi connectivity index (χ1v) is 18.7. The third-order valence-electron chi connectivity index (χ3n) is 8.81. The molecule has 0 spiro atoms. The molecule has 0 bridgehead atoms. The van der Waals surface area contributed by atoms with Crippen LogP contribution in [0, 0.1) is 0 Å². The molecule has 0 saturated carbocycles. The molecule has 270 valence electrons. The van der Waals surface area contributed by atoms with E-state index in [1.807, 2.05) is 41.2 Å². The molecule has 2 aliphatic heterocycles. The highest BCUT2D eigenvalue weighted by atomic mass is 35.5. The van der Waals surface area contributed by atoms with E-state index in [0.29, 0.717) is 51.0 Å². The number of rotatable bonds is 11. The molecule has 2 aliphatic rings. The van der Waals surface area contributed by atoms with Crippen LogP contribution in [0.25, 0.3) is 11.4 Å². The van der Waals surface area contributed by atoms with Crippen LogP contribution < -0.4 is 9.47 Å². The Bertz CT molecular complexity index is 1890. The van der Waals surface area contributed by atoms with Gasteiger partial charge in [0, 0.05) is 57.6 Å². The number of morpholine rings is 1. The Morgan fingerprint density at radius 3 is 2.04 bits per heavy atom. The maximum absolute atomic E-state index is 6.20. The molecule has 0 N–H and O–H groups in total. The van der Waals surface area contributed by atoms with Crippen molar-refractivity contribution in [3.63, 3.8) is 0 Å². The van der Waals surface area contributed by atoms with Crippen LogP contribution in [0.4, 0.5) is 0 Å². The topological polar surface area (TPSA) is 69.8 Å². The minimum Gasteiger partial charge on any atom is -0.475 e. The summed E-state index contributed by atoms with van der Waals surface area (Å²) in [5, 5.41) is 11.1. The highest BCUT2D eigenvalue weighted by molar-refractivity contribution is 6.42. The minimum absolute atomic E-state index is 0.299. The number of ether oxygens (including phenoxy) is 3. The Labute approximate surface area is 319 Å². The predicted octanol–water partition coefficient (Wildman–Crippen LogP) is 8.63. The minimum atomic E-state index is 0.299. The number of aromatic nitrogens is 4. The van der Waals surface area contributed by atoms with Crippen LogP contribution in [0.1, 0.15) is 36.6 Å². The van der Waals surface area contributed by atoms with Gasteiger partial charge in [0.2, 0.25) is 11.8 Å². The normalized spacial score (nSPS) is 15.0. The lowest BCUT2D eigenvalue weighted by Crippen LogP contribution is -2.38. The zero-order chi connectivity index (χ0) is 35.7. The van der Waals surface area contributed by atoms with Crippen LogP contribution in [-0.4, -0.2) is 88.5 Å². The lowest BCUT2D eigenvalue weighted by Gasteiger charge is -2.28. The Hall–Kier alpha value is -3.28. The van der Waals surface area contributed by atoms with Gasteiger partial charge in [-0.25, -0.2) is 9.36 Å². The van der Waals surface area contributed by atoms with Crippen molar-refractivity contribution in [3.8, 4) is 23.1 Å². The first-order valence-electron chi connectivity index (χ1n) is 17.1. The van der Waals surface area contributed by atoms with E-state index in [9.17, 15) is 0 Å². The highest BCUT2D eigenvalue weighted by Gasteiger charge is 2.18. The van der Waals surface area contributed by atoms with Gasteiger partial charge in [-0.3, -0.25) is 9.80 Å². The van der Waals surface area contributed by atoms with E-state index in [-0.39, 0.29) is 0 Å². The Kier molecular flexibility index (Phi) is 13.2. The summed E-state index contributed by atoms with van der Waals surface area (Å²) >= 11 is 24.2. The maximum atomic E-state index is 6.20. The van der Waals surface area contributed by atoms with Crippen LogP contribution >= 0.6 is 46.4 Å². The molecule has 9 nitrogen and oxygen atoms in total. The number of benzene rings is 3. The van der Waals surface area contributed by atoms with Gasteiger partial charge in [-0.05, 0) is 59.9 Å². The largest absolute Gasteiger partial charge is 0.475 e. The summed E-state index contributed by atoms with van der Waals surface area (Å²) in [6.45, 7) is 12.8. The molecular weight excluding hydrogens is 730 g/mol. The molecule has 0 radical (unpaired) electrons. The Balaban J connectivity index is 0.000000183. The lowest BCUT2D eigenvalue weighted by molar-refractivity contribution is 0.0320. The first-order chi connectivity index (χ1) is 24.7. The fourth-order valence-electron chi connectivity index (χ4n) is 5.96. The summed E-state index contributed by atoms with van der Waals surface area (Å²) in [4.78, 5) is 4.75. The summed E-state index contributed by atoms with van der Waals surface area (Å²) in [6.07, 6.45) is 2.93. The average molecular weight is 773 g/mol. The van der Waals surface area contributed by atoms with Crippen molar-refractivity contribution in [1.82, 2.24) is 29.4 Å². The fraction of sp³-hybridized carbons (Fsp3) is 0.368.